The number of aromatic amines is 1. The van der Waals surface area contributed by atoms with E-state index in [2.05, 4.69) is 51.5 Å². The summed E-state index contributed by atoms with van der Waals surface area (Å²) in [6.07, 6.45) is 3.33. The number of likely N-dealkylation sites (tertiary alicyclic amines) is 1. The van der Waals surface area contributed by atoms with Gasteiger partial charge >= 0.3 is 0 Å². The predicted octanol–water partition coefficient (Wildman–Crippen LogP) is 1.60. The van der Waals surface area contributed by atoms with Gasteiger partial charge in [0, 0.05) is 13.1 Å². The number of piperidine rings is 1. The molecule has 1 aliphatic heterocycles. The van der Waals surface area contributed by atoms with Gasteiger partial charge in [-0.15, -0.1) is 0 Å². The van der Waals surface area contributed by atoms with Crippen LogP contribution in [-0.4, -0.2) is 38.5 Å². The number of hydrogen-bond acceptors (Lipinski definition) is 4. The average Bonchev–Trinajstić information content (AvgIpc) is 2.96. The Balaban J connectivity index is 1.70. The lowest BCUT2D eigenvalue weighted by Gasteiger charge is -2.38. The van der Waals surface area contributed by atoms with Gasteiger partial charge in [-0.05, 0) is 31.9 Å². The number of aromatic nitrogens is 3. The van der Waals surface area contributed by atoms with E-state index >= 15 is 0 Å². The summed E-state index contributed by atoms with van der Waals surface area (Å²) < 4.78 is 0. The molecule has 5 heteroatoms. The molecule has 2 aromatic rings. The Bertz CT molecular complexity index is 552. The number of nitrogens with zero attached hydrogens (tertiary/aromatic N) is 3. The van der Waals surface area contributed by atoms with E-state index in [1.807, 2.05) is 0 Å². The number of aryl methyl sites for hydroxylation is 1. The number of β-amino-alcohol motifs (C(OH)–C–C–N with tert-alkyl or cyclic N) is 1. The van der Waals surface area contributed by atoms with Gasteiger partial charge in [-0.25, -0.2) is 0 Å². The Morgan fingerprint density at radius 2 is 2.15 bits per heavy atom. The molecule has 1 aromatic heterocycles. The second kappa shape index (κ2) is 5.34. The Morgan fingerprint density at radius 3 is 2.85 bits per heavy atom. The largest absolute Gasteiger partial charge is 0.382 e. The predicted molar refractivity (Wildman–Crippen MR) is 76.0 cm³/mol. The first kappa shape index (κ1) is 13.3. The van der Waals surface area contributed by atoms with Crippen LogP contribution >= 0.6 is 0 Å². The van der Waals surface area contributed by atoms with E-state index < -0.39 is 5.60 Å². The Labute approximate surface area is 118 Å². The lowest BCUT2D eigenvalue weighted by Crippen LogP contribution is -2.45. The van der Waals surface area contributed by atoms with Crippen LogP contribution in [0.15, 0.2) is 30.5 Å². The van der Waals surface area contributed by atoms with Crippen LogP contribution < -0.4 is 0 Å². The average molecular weight is 272 g/mol. The van der Waals surface area contributed by atoms with Crippen LogP contribution in [0.2, 0.25) is 0 Å². The molecule has 2 N–H and O–H groups in total. The van der Waals surface area contributed by atoms with Crippen molar-refractivity contribution in [3.63, 3.8) is 0 Å². The minimum absolute atomic E-state index is 0.605. The molecule has 1 fully saturated rings. The zero-order chi connectivity index (χ0) is 14.0. The molecule has 5 nitrogen and oxygen atoms in total. The van der Waals surface area contributed by atoms with Crippen LogP contribution in [-0.2, 0) is 12.1 Å². The molecule has 1 saturated heterocycles. The van der Waals surface area contributed by atoms with Gasteiger partial charge in [0.1, 0.15) is 11.3 Å². The van der Waals surface area contributed by atoms with E-state index in [1.54, 1.807) is 6.20 Å². The fraction of sp³-hybridized carbons (Fsp3) is 0.467. The molecule has 0 saturated carbocycles. The molecular weight excluding hydrogens is 252 g/mol. The van der Waals surface area contributed by atoms with Gasteiger partial charge in [-0.3, -0.25) is 4.90 Å². The number of aliphatic hydroxyl groups is 1. The van der Waals surface area contributed by atoms with Crippen molar-refractivity contribution < 1.29 is 5.11 Å². The van der Waals surface area contributed by atoms with Gasteiger partial charge in [-0.1, -0.05) is 29.8 Å². The van der Waals surface area contributed by atoms with E-state index in [0.717, 1.165) is 25.9 Å². The van der Waals surface area contributed by atoms with Crippen LogP contribution in [0.5, 0.6) is 0 Å². The van der Waals surface area contributed by atoms with Crippen molar-refractivity contribution in [2.24, 2.45) is 0 Å². The van der Waals surface area contributed by atoms with Crippen LogP contribution in [0.25, 0.3) is 0 Å². The maximum atomic E-state index is 10.8. The van der Waals surface area contributed by atoms with Crippen molar-refractivity contribution in [3.8, 4) is 0 Å². The third kappa shape index (κ3) is 2.73. The van der Waals surface area contributed by atoms with E-state index in [4.69, 9.17) is 0 Å². The summed E-state index contributed by atoms with van der Waals surface area (Å²) in [5.41, 5.74) is 2.31. The molecule has 0 amide bonds. The Hall–Kier alpha value is -1.72. The van der Waals surface area contributed by atoms with Crippen molar-refractivity contribution in [2.75, 3.05) is 13.1 Å². The van der Waals surface area contributed by atoms with Crippen molar-refractivity contribution in [1.29, 1.82) is 0 Å². The van der Waals surface area contributed by atoms with Gasteiger partial charge < -0.3 is 5.11 Å². The number of rotatable bonds is 3. The Morgan fingerprint density at radius 1 is 1.35 bits per heavy atom. The second-order valence-corrected chi connectivity index (χ2v) is 5.69. The summed E-state index contributed by atoms with van der Waals surface area (Å²) in [5.74, 6) is 0. The number of nitrogens with one attached hydrogen (secondary N) is 1. The van der Waals surface area contributed by atoms with Crippen molar-refractivity contribution in [1.82, 2.24) is 20.3 Å². The molecule has 106 valence electrons. The smallest absolute Gasteiger partial charge is 0.123 e. The first-order valence-corrected chi connectivity index (χ1v) is 7.02. The third-order valence-corrected chi connectivity index (χ3v) is 3.97. The first-order valence-electron chi connectivity index (χ1n) is 7.02. The number of benzene rings is 1. The zero-order valence-corrected chi connectivity index (χ0v) is 11.7. The van der Waals surface area contributed by atoms with Gasteiger partial charge in [-0.2, -0.15) is 15.4 Å². The maximum Gasteiger partial charge on any atom is 0.123 e. The highest BCUT2D eigenvalue weighted by molar-refractivity contribution is 5.21. The molecule has 20 heavy (non-hydrogen) atoms. The van der Waals surface area contributed by atoms with Gasteiger partial charge in [0.05, 0.1) is 6.20 Å². The molecule has 0 radical (unpaired) electrons. The second-order valence-electron chi connectivity index (χ2n) is 5.69. The number of hydrogen-bond donors (Lipinski definition) is 2. The molecule has 1 unspecified atom stereocenters. The van der Waals surface area contributed by atoms with Gasteiger partial charge in [0.2, 0.25) is 0 Å². The van der Waals surface area contributed by atoms with Crippen LogP contribution in [0.1, 0.15) is 29.7 Å². The normalized spacial score (nSPS) is 23.9. The zero-order valence-electron chi connectivity index (χ0n) is 11.7. The SMILES string of the molecule is Cc1ccc(CN2CCCC(O)(c3cn[nH]n3)C2)cc1. The van der Waals surface area contributed by atoms with Crippen molar-refractivity contribution >= 4 is 0 Å². The molecule has 0 bridgehead atoms. The quantitative estimate of drug-likeness (QED) is 0.890. The van der Waals surface area contributed by atoms with Crippen molar-refractivity contribution in [3.05, 3.63) is 47.3 Å². The van der Waals surface area contributed by atoms with Crippen LogP contribution in [0.4, 0.5) is 0 Å². The number of H-pyrrole nitrogens is 1. The van der Waals surface area contributed by atoms with E-state index in [1.165, 1.54) is 11.1 Å². The van der Waals surface area contributed by atoms with Crippen molar-refractivity contribution in [2.45, 2.75) is 31.9 Å². The fourth-order valence-electron chi connectivity index (χ4n) is 2.84. The van der Waals surface area contributed by atoms with Crippen LogP contribution in [0, 0.1) is 6.92 Å². The van der Waals surface area contributed by atoms with Crippen LogP contribution in [0.3, 0.4) is 0 Å². The standard InChI is InChI=1S/C15H20N4O/c1-12-3-5-13(6-4-12)10-19-8-2-7-15(20,11-19)14-9-16-18-17-14/h3-6,9,20H,2,7-8,10-11H2,1H3,(H,16,17,18). The first-order chi connectivity index (χ1) is 9.66. The summed E-state index contributed by atoms with van der Waals surface area (Å²) in [7, 11) is 0. The van der Waals surface area contributed by atoms with E-state index in [-0.39, 0.29) is 0 Å². The fourth-order valence-corrected chi connectivity index (χ4v) is 2.84. The Kier molecular flexibility index (Phi) is 3.54. The lowest BCUT2D eigenvalue weighted by molar-refractivity contribution is -0.0414. The monoisotopic (exact) mass is 272 g/mol. The molecule has 1 atom stereocenters. The third-order valence-electron chi connectivity index (χ3n) is 3.97. The highest BCUT2D eigenvalue weighted by atomic mass is 16.3. The molecule has 1 aliphatic rings. The summed E-state index contributed by atoms with van der Waals surface area (Å²) in [6, 6.07) is 8.56. The highest BCUT2D eigenvalue weighted by Gasteiger charge is 2.36. The topological polar surface area (TPSA) is 65.0 Å². The molecule has 2 heterocycles. The van der Waals surface area contributed by atoms with Gasteiger partial charge in [0.15, 0.2) is 0 Å². The van der Waals surface area contributed by atoms with E-state index in [9.17, 15) is 5.11 Å². The molecular formula is C15H20N4O. The lowest BCUT2D eigenvalue weighted by atomic mass is 9.90. The minimum Gasteiger partial charge on any atom is -0.382 e. The molecule has 0 spiro atoms. The molecule has 0 aliphatic carbocycles. The summed E-state index contributed by atoms with van der Waals surface area (Å²) in [4.78, 5) is 2.28. The van der Waals surface area contributed by atoms with E-state index in [0.29, 0.717) is 12.2 Å². The highest BCUT2D eigenvalue weighted by Crippen LogP contribution is 2.30. The maximum absolute atomic E-state index is 10.8. The van der Waals surface area contributed by atoms with Gasteiger partial charge in [0.25, 0.3) is 0 Å². The minimum atomic E-state index is -0.879. The molecule has 1 aromatic carbocycles. The summed E-state index contributed by atoms with van der Waals surface area (Å²) >= 11 is 0. The summed E-state index contributed by atoms with van der Waals surface area (Å²) in [5, 5.41) is 21.2. The summed E-state index contributed by atoms with van der Waals surface area (Å²) in [6.45, 7) is 4.57. The molecule has 3 rings (SSSR count).